The van der Waals surface area contributed by atoms with E-state index in [1.807, 2.05) is 16.8 Å². The predicted octanol–water partition coefficient (Wildman–Crippen LogP) is 7.29. The molecular formula is C42H40ClN5O3. The highest BCUT2D eigenvalue weighted by atomic mass is 35.5. The number of imide groups is 1. The summed E-state index contributed by atoms with van der Waals surface area (Å²) in [6.45, 7) is 5.20. The van der Waals surface area contributed by atoms with Gasteiger partial charge in [0.25, 0.3) is 5.91 Å². The average molecular weight is 698 g/mol. The lowest BCUT2D eigenvalue weighted by atomic mass is 9.79. The van der Waals surface area contributed by atoms with Crippen molar-refractivity contribution >= 4 is 29.3 Å². The molecule has 3 heterocycles. The highest BCUT2D eigenvalue weighted by Crippen LogP contribution is 2.33. The van der Waals surface area contributed by atoms with Gasteiger partial charge in [-0.25, -0.2) is 0 Å². The maximum absolute atomic E-state index is 13.0. The number of carbonyl (C=O) groups excluding carboxylic acids is 3. The Morgan fingerprint density at radius 3 is 2.43 bits per heavy atom. The lowest BCUT2D eigenvalue weighted by molar-refractivity contribution is -0.136. The predicted molar refractivity (Wildman–Crippen MR) is 196 cm³/mol. The highest BCUT2D eigenvalue weighted by Gasteiger charge is 2.39. The molecule has 0 radical (unpaired) electrons. The minimum atomic E-state index is -0.581. The van der Waals surface area contributed by atoms with E-state index >= 15 is 0 Å². The van der Waals surface area contributed by atoms with Gasteiger partial charge in [-0.1, -0.05) is 53.8 Å². The van der Waals surface area contributed by atoms with Crippen molar-refractivity contribution in [2.24, 2.45) is 11.8 Å². The lowest BCUT2D eigenvalue weighted by Crippen LogP contribution is -2.52. The minimum absolute atomic E-state index is 0.123. The fraction of sp³-hybridized carbons (Fsp3) is 0.357. The minimum Gasteiger partial charge on any atom is -0.322 e. The van der Waals surface area contributed by atoms with Gasteiger partial charge in [-0.15, -0.1) is 0 Å². The third-order valence-electron chi connectivity index (χ3n) is 10.9. The molecule has 1 saturated carbocycles. The van der Waals surface area contributed by atoms with E-state index in [-0.39, 0.29) is 24.1 Å². The lowest BCUT2D eigenvalue weighted by Gasteiger charge is -2.29. The fourth-order valence-corrected chi connectivity index (χ4v) is 7.84. The normalized spacial score (nSPS) is 20.0. The Bertz CT molecular complexity index is 2130. The fourth-order valence-electron chi connectivity index (χ4n) is 7.62. The number of nitrogens with one attached hydrogen (secondary N) is 1. The summed E-state index contributed by atoms with van der Waals surface area (Å²) in [5.41, 5.74) is 9.45. The Morgan fingerprint density at radius 1 is 0.941 bits per heavy atom. The molecule has 4 aromatic rings. The van der Waals surface area contributed by atoms with Crippen LogP contribution < -0.4 is 5.32 Å². The number of hydrogen-bond donors (Lipinski definition) is 1. The van der Waals surface area contributed by atoms with Gasteiger partial charge in [0, 0.05) is 41.3 Å². The second-order valence-corrected chi connectivity index (χ2v) is 14.5. The van der Waals surface area contributed by atoms with Crippen molar-refractivity contribution in [1.29, 1.82) is 5.26 Å². The first-order chi connectivity index (χ1) is 24.7. The van der Waals surface area contributed by atoms with Crippen molar-refractivity contribution in [3.05, 3.63) is 110 Å². The van der Waals surface area contributed by atoms with Crippen molar-refractivity contribution < 1.29 is 14.4 Å². The molecule has 3 amide bonds. The Balaban J connectivity index is 0.887. The molecule has 1 aromatic heterocycles. The quantitative estimate of drug-likeness (QED) is 0.161. The molecule has 1 unspecified atom stereocenters. The molecule has 1 saturated heterocycles. The first kappa shape index (κ1) is 34.3. The maximum Gasteiger partial charge on any atom is 0.255 e. The zero-order chi connectivity index (χ0) is 35.6. The number of nitrogens with zero attached hydrogens (tertiary/aromatic N) is 4. The number of halogens is 1. The van der Waals surface area contributed by atoms with Crippen molar-refractivity contribution in [3.63, 3.8) is 0 Å². The number of fused-ring (bicyclic) bond motifs is 1. The largest absolute Gasteiger partial charge is 0.322 e. The molecular weight excluding hydrogens is 658 g/mol. The number of hydrogen-bond acceptors (Lipinski definition) is 5. The third-order valence-corrected chi connectivity index (χ3v) is 11.2. The Hall–Kier alpha value is -5.18. The summed E-state index contributed by atoms with van der Waals surface area (Å²) in [6.07, 6.45) is 7.29. The summed E-state index contributed by atoms with van der Waals surface area (Å²) in [6, 6.07) is 21.5. The number of aromatic nitrogens is 2. The van der Waals surface area contributed by atoms with Crippen LogP contribution in [-0.2, 0) is 29.1 Å². The van der Waals surface area contributed by atoms with Gasteiger partial charge < -0.3 is 4.90 Å². The van der Waals surface area contributed by atoms with E-state index < -0.39 is 6.04 Å². The van der Waals surface area contributed by atoms with Crippen LogP contribution in [0.4, 0.5) is 0 Å². The van der Waals surface area contributed by atoms with E-state index in [4.69, 9.17) is 16.7 Å². The van der Waals surface area contributed by atoms with Gasteiger partial charge >= 0.3 is 0 Å². The maximum atomic E-state index is 13.0. The highest BCUT2D eigenvalue weighted by molar-refractivity contribution is 6.32. The molecule has 0 spiro atoms. The van der Waals surface area contributed by atoms with E-state index in [9.17, 15) is 19.6 Å². The standard InChI is InChI=1S/C42H40ClN5O3/c1-26-27(2)48(46-40(26)33-16-17-34(23-44)37(43)22-33)24-32-13-10-30(11-14-32)8-5-28-3-6-29(7-4-28)9-12-31-15-18-36-35(21-31)25-47(42(36)51)38-19-20-39(49)45-41(38)50/h10-11,13-18,21-22,28-29,38H,3-4,6-7,9,12,19-20,24-25H2,1-2H3,(H,45,49,50). The van der Waals surface area contributed by atoms with Crippen LogP contribution >= 0.6 is 11.6 Å². The van der Waals surface area contributed by atoms with Crippen molar-refractivity contribution in [2.45, 2.75) is 84.3 Å². The number of aryl methyl sites for hydroxylation is 1. The van der Waals surface area contributed by atoms with Crippen LogP contribution in [0.3, 0.4) is 0 Å². The van der Waals surface area contributed by atoms with Gasteiger partial charge in [-0.2, -0.15) is 10.4 Å². The summed E-state index contributed by atoms with van der Waals surface area (Å²) in [7, 11) is 0. The van der Waals surface area contributed by atoms with E-state index in [0.29, 0.717) is 47.5 Å². The van der Waals surface area contributed by atoms with E-state index in [1.165, 1.54) is 18.4 Å². The second kappa shape index (κ2) is 14.6. The monoisotopic (exact) mass is 697 g/mol. The molecule has 2 aliphatic heterocycles. The molecule has 3 aliphatic rings. The molecule has 2 fully saturated rings. The van der Waals surface area contributed by atoms with Crippen LogP contribution in [0.5, 0.6) is 0 Å². The zero-order valence-corrected chi connectivity index (χ0v) is 29.7. The van der Waals surface area contributed by atoms with Crippen LogP contribution in [0.1, 0.15) is 94.4 Å². The van der Waals surface area contributed by atoms with Crippen molar-refractivity contribution in [1.82, 2.24) is 20.0 Å². The second-order valence-electron chi connectivity index (χ2n) is 14.1. The van der Waals surface area contributed by atoms with E-state index in [2.05, 4.69) is 73.5 Å². The number of nitriles is 1. The Labute approximate surface area is 303 Å². The summed E-state index contributed by atoms with van der Waals surface area (Å²) in [5.74, 6) is 7.27. The van der Waals surface area contributed by atoms with Crippen molar-refractivity contribution in [3.8, 4) is 29.2 Å². The summed E-state index contributed by atoms with van der Waals surface area (Å²) in [5, 5.41) is 16.9. The van der Waals surface area contributed by atoms with Crippen LogP contribution in [-0.4, -0.2) is 38.4 Å². The molecule has 0 bridgehead atoms. The molecule has 3 aromatic carbocycles. The molecule has 51 heavy (non-hydrogen) atoms. The van der Waals surface area contributed by atoms with Gasteiger partial charge in [0.15, 0.2) is 0 Å². The summed E-state index contributed by atoms with van der Waals surface area (Å²) in [4.78, 5) is 38.6. The first-order valence-corrected chi connectivity index (χ1v) is 18.2. The number of rotatable bonds is 7. The SMILES string of the molecule is Cc1c(-c2ccc(C#N)c(Cl)c2)nn(Cc2ccc(C#CC3CCC(CCc4ccc5c(c4)CN(C4CCC(=O)NC4=O)C5=O)CC3)cc2)c1C. The van der Waals surface area contributed by atoms with Gasteiger partial charge in [-0.3, -0.25) is 24.4 Å². The molecule has 1 aliphatic carbocycles. The number of amides is 3. The molecule has 258 valence electrons. The number of benzene rings is 3. The average Bonchev–Trinajstić information content (AvgIpc) is 3.61. The van der Waals surface area contributed by atoms with Crippen LogP contribution in [0.2, 0.25) is 5.02 Å². The van der Waals surface area contributed by atoms with Gasteiger partial charge in [0.05, 0.1) is 22.8 Å². The van der Waals surface area contributed by atoms with E-state index in [0.717, 1.165) is 64.9 Å². The molecule has 7 rings (SSSR count). The van der Waals surface area contributed by atoms with Crippen LogP contribution in [0.15, 0.2) is 60.7 Å². The molecule has 9 heteroatoms. The molecule has 1 atom stereocenters. The van der Waals surface area contributed by atoms with Crippen LogP contribution in [0, 0.1) is 48.9 Å². The van der Waals surface area contributed by atoms with Gasteiger partial charge in [-0.05, 0) is 117 Å². The van der Waals surface area contributed by atoms with Crippen molar-refractivity contribution in [2.75, 3.05) is 0 Å². The Morgan fingerprint density at radius 2 is 1.71 bits per heavy atom. The molecule has 1 N–H and O–H groups in total. The summed E-state index contributed by atoms with van der Waals surface area (Å²) >= 11 is 6.29. The van der Waals surface area contributed by atoms with Crippen LogP contribution in [0.25, 0.3) is 11.3 Å². The first-order valence-electron chi connectivity index (χ1n) is 17.8. The Kier molecular flexibility index (Phi) is 9.80. The smallest absolute Gasteiger partial charge is 0.255 e. The topological polar surface area (TPSA) is 108 Å². The zero-order valence-electron chi connectivity index (χ0n) is 29.0. The number of piperidine rings is 1. The number of carbonyl (C=O) groups is 3. The summed E-state index contributed by atoms with van der Waals surface area (Å²) < 4.78 is 2.01. The third kappa shape index (κ3) is 7.34. The van der Waals surface area contributed by atoms with Gasteiger partial charge in [0.2, 0.25) is 11.8 Å². The van der Waals surface area contributed by atoms with Gasteiger partial charge in [0.1, 0.15) is 12.1 Å². The molecule has 8 nitrogen and oxygen atoms in total. The van der Waals surface area contributed by atoms with E-state index in [1.54, 1.807) is 17.0 Å².